The molecular formula is C35H13F47N2O2. The van der Waals surface area contributed by atoms with E-state index >= 15 is 0 Å². The van der Waals surface area contributed by atoms with Crippen molar-refractivity contribution in [1.82, 2.24) is 5.32 Å². The quantitative estimate of drug-likeness (QED) is 0.0571. The van der Waals surface area contributed by atoms with E-state index in [-0.39, 0.29) is 18.2 Å². The number of alkyl halides is 47. The number of carbonyl (C=O) groups is 1. The number of nitrogens with zero attached hydrogens (tertiary/aromatic N) is 1. The van der Waals surface area contributed by atoms with Crippen molar-refractivity contribution in [3.8, 4) is 0 Å². The molecule has 1 aromatic rings. The number of nitrogens with one attached hydrogen (secondary N) is 1. The maximum absolute atomic E-state index is 14.6. The Balaban J connectivity index is 4.08. The summed E-state index contributed by atoms with van der Waals surface area (Å²) >= 11 is 0. The first kappa shape index (κ1) is 78.8. The molecule has 0 heterocycles. The Labute approximate surface area is 437 Å². The second kappa shape index (κ2) is 20.7. The molecule has 0 saturated carbocycles. The SMILES string of the molecule is Cc1cc(C(=O)NC(C)CC(F)(F)C(F)(F)C(F)(F)C(F)(F)C(F)(F)C(F)(F)C(F)(F)C(F)(F)C(F)(F)C(F)(F)C(F)(F)C(F)(F)C(F)(F)C(F)(F)C(F)(F)C(F)(F)C(F)(F)C(F)(F)C(F)(F)C(F)(F)C(F)(F)C(F)(F)C(F)(F)F)ccc1N=C=O. The van der Waals surface area contributed by atoms with E-state index in [0.717, 1.165) is 18.3 Å². The molecule has 0 aromatic heterocycles. The number of halogens is 47. The Kier molecular flexibility index (Phi) is 18.9. The summed E-state index contributed by atoms with van der Waals surface area (Å²) in [6.07, 6.45) is -11.2. The number of aliphatic imine (C=N–C) groups is 1. The number of amides is 1. The number of benzene rings is 1. The monoisotopic (exact) mass is 1390 g/mol. The topological polar surface area (TPSA) is 58.5 Å². The highest BCUT2D eigenvalue weighted by molar-refractivity contribution is 5.95. The molecule has 1 N–H and O–H groups in total. The van der Waals surface area contributed by atoms with Crippen LogP contribution in [0.2, 0.25) is 0 Å². The predicted octanol–water partition coefficient (Wildman–Crippen LogP) is 17.0. The van der Waals surface area contributed by atoms with Crippen molar-refractivity contribution >= 4 is 17.7 Å². The van der Waals surface area contributed by atoms with Gasteiger partial charge in [0.05, 0.1) is 5.69 Å². The third kappa shape index (κ3) is 9.69. The summed E-state index contributed by atoms with van der Waals surface area (Å²) in [6.45, 7) is 0.878. The average Bonchev–Trinajstić information content (AvgIpc) is 0.799. The first-order valence-electron chi connectivity index (χ1n) is 19.6. The molecule has 0 fully saturated rings. The number of aryl methyl sites for hydroxylation is 1. The van der Waals surface area contributed by atoms with Gasteiger partial charge in [-0.3, -0.25) is 4.79 Å². The van der Waals surface area contributed by atoms with Crippen LogP contribution in [0.5, 0.6) is 0 Å². The first-order valence-corrected chi connectivity index (χ1v) is 19.6. The highest BCUT2D eigenvalue weighted by Crippen LogP contribution is 2.72. The van der Waals surface area contributed by atoms with Gasteiger partial charge in [0.15, 0.2) is 0 Å². The zero-order chi connectivity index (χ0) is 70.3. The van der Waals surface area contributed by atoms with Crippen LogP contribution < -0.4 is 5.32 Å². The Hall–Kier alpha value is -5.22. The van der Waals surface area contributed by atoms with E-state index < -0.39 is 160 Å². The molecule has 1 unspecified atom stereocenters. The lowest BCUT2D eigenvalue weighted by atomic mass is 9.81. The fraction of sp³-hybridized carbons (Fsp3) is 0.771. The Bertz CT molecular complexity index is 2710. The number of hydrogen-bond donors (Lipinski definition) is 1. The fourth-order valence-electron chi connectivity index (χ4n) is 6.00. The van der Waals surface area contributed by atoms with Gasteiger partial charge >= 0.3 is 136 Å². The van der Waals surface area contributed by atoms with Crippen LogP contribution >= 0.6 is 0 Å². The fourth-order valence-corrected chi connectivity index (χ4v) is 6.00. The van der Waals surface area contributed by atoms with Crippen LogP contribution in [-0.4, -0.2) is 155 Å². The molecule has 1 amide bonds. The van der Waals surface area contributed by atoms with E-state index in [2.05, 4.69) is 4.99 Å². The van der Waals surface area contributed by atoms with Crippen LogP contribution in [0.1, 0.15) is 29.3 Å². The Morgan fingerprint density at radius 3 is 0.744 bits per heavy atom. The zero-order valence-corrected chi connectivity index (χ0v) is 38.5. The van der Waals surface area contributed by atoms with Crippen molar-refractivity contribution in [1.29, 1.82) is 0 Å². The Morgan fingerprint density at radius 1 is 0.360 bits per heavy atom. The van der Waals surface area contributed by atoms with E-state index in [1.165, 1.54) is 0 Å². The van der Waals surface area contributed by atoms with Crippen LogP contribution in [0.4, 0.5) is 212 Å². The molecule has 0 bridgehead atoms. The molecule has 504 valence electrons. The summed E-state index contributed by atoms with van der Waals surface area (Å²) in [5.74, 6) is -226. The van der Waals surface area contributed by atoms with E-state index in [0.29, 0.717) is 18.2 Å². The smallest absolute Gasteiger partial charge is 0.349 e. The van der Waals surface area contributed by atoms with Crippen LogP contribution in [-0.2, 0) is 4.79 Å². The third-order valence-electron chi connectivity index (χ3n) is 11.3. The molecule has 0 aliphatic carbocycles. The van der Waals surface area contributed by atoms with E-state index in [9.17, 15) is 216 Å². The summed E-state index contributed by atoms with van der Waals surface area (Å²) in [5, 5.41) is 1.11. The van der Waals surface area contributed by atoms with Crippen LogP contribution in [0, 0.1) is 6.92 Å². The zero-order valence-electron chi connectivity index (χ0n) is 38.5. The van der Waals surface area contributed by atoms with Gasteiger partial charge in [-0.05, 0) is 37.6 Å². The van der Waals surface area contributed by atoms with Gasteiger partial charge in [-0.25, -0.2) is 4.79 Å². The summed E-state index contributed by atoms with van der Waals surface area (Å²) in [7, 11) is 0. The predicted molar refractivity (Wildman–Crippen MR) is 175 cm³/mol. The lowest BCUT2D eigenvalue weighted by Gasteiger charge is -2.47. The van der Waals surface area contributed by atoms with Gasteiger partial charge in [0.1, 0.15) is 0 Å². The van der Waals surface area contributed by atoms with Crippen LogP contribution in [0.15, 0.2) is 23.2 Å². The number of hydrogen-bond acceptors (Lipinski definition) is 3. The summed E-state index contributed by atoms with van der Waals surface area (Å²) < 4.78 is 659. The molecule has 86 heavy (non-hydrogen) atoms. The molecule has 0 radical (unpaired) electrons. The van der Waals surface area contributed by atoms with Gasteiger partial charge in [-0.15, -0.1) is 0 Å². The van der Waals surface area contributed by atoms with Gasteiger partial charge in [0.2, 0.25) is 6.08 Å². The summed E-state index contributed by atoms with van der Waals surface area (Å²) in [4.78, 5) is 25.6. The van der Waals surface area contributed by atoms with Crippen molar-refractivity contribution in [2.45, 2.75) is 163 Å². The van der Waals surface area contributed by atoms with E-state index in [4.69, 9.17) is 0 Å². The highest BCUT2D eigenvalue weighted by atomic mass is 19.4. The maximum atomic E-state index is 14.6. The number of rotatable bonds is 26. The maximum Gasteiger partial charge on any atom is 0.460 e. The molecular weight excluding hydrogens is 1370 g/mol. The minimum Gasteiger partial charge on any atom is -0.349 e. The van der Waals surface area contributed by atoms with E-state index in [1.807, 2.05) is 0 Å². The largest absolute Gasteiger partial charge is 0.460 e. The minimum atomic E-state index is -10.9. The molecule has 1 rings (SSSR count). The van der Waals surface area contributed by atoms with Crippen molar-refractivity contribution in [2.24, 2.45) is 4.99 Å². The van der Waals surface area contributed by atoms with E-state index in [1.54, 1.807) is 0 Å². The van der Waals surface area contributed by atoms with Gasteiger partial charge in [-0.1, -0.05) is 0 Å². The molecule has 1 atom stereocenters. The standard InChI is InChI=1S/C35H13F47N2O2/c1-8-5-10(3-4-11(8)83-7-85)12(86)84-9(2)6-13(36,37)14(38,39)15(40,41)16(42,43)17(44,45)18(46,47)19(48,49)20(50,51)21(52,53)22(54,55)23(56,57)24(58,59)25(60,61)26(62,63)27(64,65)28(66,67)29(68,69)30(70,71)31(72,73)32(74,75)33(76,77)34(78,79)35(80,81)82/h3-5,9H,6H2,1-2H3,(H,84,86). The normalized spacial score (nSPS) is 16.7. The van der Waals surface area contributed by atoms with Crippen LogP contribution in [0.3, 0.4) is 0 Å². The average molecular weight is 1390 g/mol. The minimum absolute atomic E-state index is 0.0890. The molecule has 1 aromatic carbocycles. The second-order valence-corrected chi connectivity index (χ2v) is 17.0. The first-order chi connectivity index (χ1) is 36.7. The summed E-state index contributed by atoms with van der Waals surface area (Å²) in [6, 6.07) is -1.23. The van der Waals surface area contributed by atoms with Crippen LogP contribution in [0.25, 0.3) is 0 Å². The van der Waals surface area contributed by atoms with Gasteiger partial charge in [0.25, 0.3) is 5.91 Å². The lowest BCUT2D eigenvalue weighted by molar-refractivity contribution is -0.498. The third-order valence-corrected chi connectivity index (χ3v) is 11.3. The van der Waals surface area contributed by atoms with Gasteiger partial charge in [-0.2, -0.15) is 211 Å². The van der Waals surface area contributed by atoms with Gasteiger partial charge in [0, 0.05) is 18.0 Å². The van der Waals surface area contributed by atoms with Crippen molar-refractivity contribution in [3.05, 3.63) is 29.3 Å². The second-order valence-electron chi connectivity index (χ2n) is 17.0. The molecule has 0 aliphatic heterocycles. The van der Waals surface area contributed by atoms with Gasteiger partial charge < -0.3 is 5.32 Å². The van der Waals surface area contributed by atoms with Crippen molar-refractivity contribution < 1.29 is 216 Å². The highest BCUT2D eigenvalue weighted by Gasteiger charge is 3.04. The molecule has 0 aliphatic rings. The summed E-state index contributed by atoms with van der Waals surface area (Å²) in [5.41, 5.74) is -1.51. The molecule has 51 heteroatoms. The lowest BCUT2D eigenvalue weighted by Crippen LogP contribution is -2.81. The molecule has 0 spiro atoms. The Morgan fingerprint density at radius 2 is 0.558 bits per heavy atom. The van der Waals surface area contributed by atoms with Crippen molar-refractivity contribution in [2.75, 3.05) is 0 Å². The van der Waals surface area contributed by atoms with Crippen molar-refractivity contribution in [3.63, 3.8) is 0 Å². The number of carbonyl (C=O) groups excluding carboxylic acids is 2. The molecule has 0 saturated heterocycles. The molecule has 4 nitrogen and oxygen atoms in total. The number of isocyanates is 1.